The van der Waals surface area contributed by atoms with Gasteiger partial charge in [-0.3, -0.25) is 4.79 Å². The molecule has 0 bridgehead atoms. The molecule has 4 nitrogen and oxygen atoms in total. The van der Waals surface area contributed by atoms with Crippen molar-refractivity contribution in [2.45, 2.75) is 6.23 Å². The van der Waals surface area contributed by atoms with E-state index in [0.29, 0.717) is 22.5 Å². The Morgan fingerprint density at radius 2 is 1.70 bits per heavy atom. The number of aliphatic hydroxyl groups is 1. The lowest BCUT2D eigenvalue weighted by Gasteiger charge is -2.10. The summed E-state index contributed by atoms with van der Waals surface area (Å²) in [4.78, 5) is 14.2. The fraction of sp³-hybridized carbons (Fsp3) is 0.0714. The van der Waals surface area contributed by atoms with Gasteiger partial charge in [0.1, 0.15) is 0 Å². The number of carbonyl (C=O) groups is 1. The summed E-state index contributed by atoms with van der Waals surface area (Å²) in [5, 5.41) is 20.1. The van der Waals surface area contributed by atoms with Crippen molar-refractivity contribution in [3.63, 3.8) is 0 Å². The van der Waals surface area contributed by atoms with Gasteiger partial charge in [0.2, 0.25) is 0 Å². The molecule has 0 fully saturated rings. The summed E-state index contributed by atoms with van der Waals surface area (Å²) < 4.78 is 0. The SMILES string of the molecule is O=C1NC(c2cccs2)=C2C1=C(c1cccs1)NC2O. The highest BCUT2D eigenvalue weighted by Gasteiger charge is 2.40. The van der Waals surface area contributed by atoms with Gasteiger partial charge in [-0.2, -0.15) is 0 Å². The summed E-state index contributed by atoms with van der Waals surface area (Å²) in [7, 11) is 0. The zero-order valence-electron chi connectivity index (χ0n) is 10.2. The molecule has 2 aliphatic heterocycles. The number of carbonyl (C=O) groups excluding carboxylic acids is 1. The molecule has 2 aliphatic rings. The van der Waals surface area contributed by atoms with Crippen LogP contribution in [0.25, 0.3) is 11.4 Å². The molecule has 0 aromatic carbocycles. The number of fused-ring (bicyclic) bond motifs is 1. The summed E-state index contributed by atoms with van der Waals surface area (Å²) in [5.41, 5.74) is 2.64. The second kappa shape index (κ2) is 4.31. The second-order valence-electron chi connectivity index (χ2n) is 4.49. The van der Waals surface area contributed by atoms with Crippen molar-refractivity contribution in [2.24, 2.45) is 0 Å². The first-order valence-corrected chi connectivity index (χ1v) is 7.84. The Labute approximate surface area is 123 Å². The molecular weight excluding hydrogens is 292 g/mol. The molecule has 2 aromatic heterocycles. The van der Waals surface area contributed by atoms with Crippen LogP contribution < -0.4 is 10.6 Å². The molecule has 0 radical (unpaired) electrons. The second-order valence-corrected chi connectivity index (χ2v) is 6.39. The van der Waals surface area contributed by atoms with E-state index in [9.17, 15) is 9.90 Å². The van der Waals surface area contributed by atoms with E-state index >= 15 is 0 Å². The summed E-state index contributed by atoms with van der Waals surface area (Å²) in [5.74, 6) is -0.157. The van der Waals surface area contributed by atoms with Gasteiger partial charge >= 0.3 is 0 Å². The van der Waals surface area contributed by atoms with E-state index in [-0.39, 0.29) is 5.91 Å². The number of hydrogen-bond donors (Lipinski definition) is 3. The lowest BCUT2D eigenvalue weighted by atomic mass is 10.1. The molecular formula is C14H10N2O2S2. The standard InChI is InChI=1S/C14H10N2O2S2/c17-13-9-10(12(16-13)8-4-2-6-20-8)14(18)15-11(9)7-3-1-5-19-7/h1-6,13,16-17H,(H,15,18). The molecule has 0 saturated carbocycles. The maximum absolute atomic E-state index is 12.3. The highest BCUT2D eigenvalue weighted by molar-refractivity contribution is 7.11. The van der Waals surface area contributed by atoms with E-state index in [0.717, 1.165) is 9.75 Å². The van der Waals surface area contributed by atoms with Crippen LogP contribution in [0.1, 0.15) is 9.75 Å². The molecule has 0 saturated heterocycles. The quantitative estimate of drug-likeness (QED) is 0.795. The van der Waals surface area contributed by atoms with Crippen LogP contribution in [0.5, 0.6) is 0 Å². The molecule has 1 amide bonds. The summed E-state index contributed by atoms with van der Waals surface area (Å²) in [6.07, 6.45) is -0.849. The first-order chi connectivity index (χ1) is 9.75. The summed E-state index contributed by atoms with van der Waals surface area (Å²) in [6, 6.07) is 7.73. The van der Waals surface area contributed by atoms with E-state index in [1.54, 1.807) is 22.7 Å². The molecule has 0 spiro atoms. The van der Waals surface area contributed by atoms with Gasteiger partial charge in [0.25, 0.3) is 5.91 Å². The molecule has 4 rings (SSSR count). The largest absolute Gasteiger partial charge is 0.369 e. The van der Waals surface area contributed by atoms with Gasteiger partial charge in [0.15, 0.2) is 6.23 Å². The minimum Gasteiger partial charge on any atom is -0.369 e. The lowest BCUT2D eigenvalue weighted by Crippen LogP contribution is -2.24. The predicted molar refractivity (Wildman–Crippen MR) is 79.8 cm³/mol. The Hall–Kier alpha value is -1.89. The van der Waals surface area contributed by atoms with Gasteiger partial charge in [0, 0.05) is 5.57 Å². The maximum Gasteiger partial charge on any atom is 0.258 e. The van der Waals surface area contributed by atoms with Crippen LogP contribution in [0.4, 0.5) is 0 Å². The van der Waals surface area contributed by atoms with E-state index in [1.807, 2.05) is 35.0 Å². The van der Waals surface area contributed by atoms with Crippen molar-refractivity contribution in [3.05, 3.63) is 55.9 Å². The molecule has 1 unspecified atom stereocenters. The smallest absolute Gasteiger partial charge is 0.258 e. The van der Waals surface area contributed by atoms with E-state index < -0.39 is 6.23 Å². The summed E-state index contributed by atoms with van der Waals surface area (Å²) >= 11 is 3.08. The Morgan fingerprint density at radius 1 is 1.05 bits per heavy atom. The van der Waals surface area contributed by atoms with Crippen molar-refractivity contribution >= 4 is 40.0 Å². The highest BCUT2D eigenvalue weighted by atomic mass is 32.1. The zero-order chi connectivity index (χ0) is 13.7. The van der Waals surface area contributed by atoms with E-state index in [1.165, 1.54) is 0 Å². The van der Waals surface area contributed by atoms with Crippen molar-refractivity contribution in [1.29, 1.82) is 0 Å². The molecule has 3 N–H and O–H groups in total. The Kier molecular flexibility index (Phi) is 2.56. The van der Waals surface area contributed by atoms with Gasteiger partial charge in [-0.1, -0.05) is 12.1 Å². The van der Waals surface area contributed by atoms with Gasteiger partial charge < -0.3 is 15.7 Å². The third kappa shape index (κ3) is 1.59. The lowest BCUT2D eigenvalue weighted by molar-refractivity contribution is -0.115. The van der Waals surface area contributed by atoms with Gasteiger partial charge in [-0.05, 0) is 22.9 Å². The van der Waals surface area contributed by atoms with Crippen LogP contribution in [0.3, 0.4) is 0 Å². The third-order valence-corrected chi connectivity index (χ3v) is 5.12. The molecule has 2 aromatic rings. The molecule has 100 valence electrons. The number of nitrogens with one attached hydrogen (secondary N) is 2. The number of amides is 1. The minimum absolute atomic E-state index is 0.157. The van der Waals surface area contributed by atoms with Crippen LogP contribution >= 0.6 is 22.7 Å². The molecule has 6 heteroatoms. The van der Waals surface area contributed by atoms with Crippen molar-refractivity contribution in [3.8, 4) is 0 Å². The number of rotatable bonds is 2. The fourth-order valence-corrected chi connectivity index (χ4v) is 4.00. The third-order valence-electron chi connectivity index (χ3n) is 3.34. The molecule has 0 aliphatic carbocycles. The van der Waals surface area contributed by atoms with Crippen LogP contribution in [0.15, 0.2) is 46.2 Å². The number of aliphatic hydroxyl groups excluding tert-OH is 1. The van der Waals surface area contributed by atoms with Crippen molar-refractivity contribution < 1.29 is 9.90 Å². The van der Waals surface area contributed by atoms with Crippen LogP contribution in [0, 0.1) is 0 Å². The Morgan fingerprint density at radius 3 is 2.30 bits per heavy atom. The van der Waals surface area contributed by atoms with Gasteiger partial charge in [0.05, 0.1) is 26.7 Å². The Bertz CT molecular complexity index is 742. The average Bonchev–Trinajstić information content (AvgIpc) is 3.17. The van der Waals surface area contributed by atoms with Gasteiger partial charge in [-0.15, -0.1) is 22.7 Å². The monoisotopic (exact) mass is 302 g/mol. The predicted octanol–water partition coefficient (Wildman–Crippen LogP) is 1.98. The topological polar surface area (TPSA) is 61.4 Å². The normalized spacial score (nSPS) is 21.2. The molecule has 1 atom stereocenters. The highest BCUT2D eigenvalue weighted by Crippen LogP contribution is 2.40. The summed E-state index contributed by atoms with van der Waals surface area (Å²) in [6.45, 7) is 0. The first kappa shape index (κ1) is 11.9. The first-order valence-electron chi connectivity index (χ1n) is 6.08. The van der Waals surface area contributed by atoms with E-state index in [2.05, 4.69) is 10.6 Å². The van der Waals surface area contributed by atoms with Crippen LogP contribution in [-0.2, 0) is 4.79 Å². The van der Waals surface area contributed by atoms with Gasteiger partial charge in [-0.25, -0.2) is 0 Å². The Balaban J connectivity index is 1.93. The zero-order valence-corrected chi connectivity index (χ0v) is 11.8. The van der Waals surface area contributed by atoms with Crippen LogP contribution in [0.2, 0.25) is 0 Å². The number of hydrogen-bond acceptors (Lipinski definition) is 5. The number of thiophene rings is 2. The van der Waals surface area contributed by atoms with Crippen molar-refractivity contribution in [1.82, 2.24) is 10.6 Å². The average molecular weight is 302 g/mol. The fourth-order valence-electron chi connectivity index (χ4n) is 2.52. The molecule has 4 heterocycles. The maximum atomic E-state index is 12.3. The van der Waals surface area contributed by atoms with Crippen molar-refractivity contribution in [2.75, 3.05) is 0 Å². The minimum atomic E-state index is -0.849. The van der Waals surface area contributed by atoms with E-state index in [4.69, 9.17) is 0 Å². The molecule has 20 heavy (non-hydrogen) atoms. The van der Waals surface area contributed by atoms with Crippen LogP contribution in [-0.4, -0.2) is 17.2 Å².